The molecule has 1 atom stereocenters. The standard InChI is InChI=1S/C17H23NO/c1-12(2)10-14-6-5-7-15(11-14)17(18-4)16-9-8-13(3)19-16/h5-9,11-12,17-18H,10H2,1-4H3. The summed E-state index contributed by atoms with van der Waals surface area (Å²) in [5.41, 5.74) is 2.64. The van der Waals surface area contributed by atoms with E-state index in [1.165, 1.54) is 11.1 Å². The Morgan fingerprint density at radius 2 is 1.95 bits per heavy atom. The van der Waals surface area contributed by atoms with Crippen molar-refractivity contribution in [2.75, 3.05) is 7.05 Å². The first-order valence-corrected chi connectivity index (χ1v) is 6.92. The number of hydrogen-bond donors (Lipinski definition) is 1. The lowest BCUT2D eigenvalue weighted by Gasteiger charge is -2.16. The van der Waals surface area contributed by atoms with Crippen molar-refractivity contribution in [3.8, 4) is 0 Å². The number of rotatable bonds is 5. The van der Waals surface area contributed by atoms with Crippen LogP contribution in [0.15, 0.2) is 40.8 Å². The Bertz CT molecular complexity index is 528. The number of hydrogen-bond acceptors (Lipinski definition) is 2. The Morgan fingerprint density at radius 3 is 2.53 bits per heavy atom. The lowest BCUT2D eigenvalue weighted by Crippen LogP contribution is -2.17. The monoisotopic (exact) mass is 257 g/mol. The summed E-state index contributed by atoms with van der Waals surface area (Å²) in [5, 5.41) is 3.33. The minimum absolute atomic E-state index is 0.126. The first kappa shape index (κ1) is 13.9. The second kappa shape index (κ2) is 6.07. The summed E-state index contributed by atoms with van der Waals surface area (Å²) in [4.78, 5) is 0. The highest BCUT2D eigenvalue weighted by atomic mass is 16.3. The van der Waals surface area contributed by atoms with Crippen molar-refractivity contribution in [1.29, 1.82) is 0 Å². The van der Waals surface area contributed by atoms with E-state index in [0.717, 1.165) is 17.9 Å². The highest BCUT2D eigenvalue weighted by Crippen LogP contribution is 2.24. The van der Waals surface area contributed by atoms with Gasteiger partial charge in [-0.05, 0) is 49.6 Å². The van der Waals surface area contributed by atoms with Crippen molar-refractivity contribution in [2.45, 2.75) is 33.2 Å². The Hall–Kier alpha value is -1.54. The minimum Gasteiger partial charge on any atom is -0.464 e. The Kier molecular flexibility index (Phi) is 4.43. The predicted octanol–water partition coefficient (Wildman–Crippen LogP) is 4.10. The van der Waals surface area contributed by atoms with E-state index >= 15 is 0 Å². The summed E-state index contributed by atoms with van der Waals surface area (Å²) in [7, 11) is 1.97. The molecule has 0 radical (unpaired) electrons. The van der Waals surface area contributed by atoms with Gasteiger partial charge in [0.25, 0.3) is 0 Å². The zero-order valence-electron chi connectivity index (χ0n) is 12.2. The number of nitrogens with one attached hydrogen (secondary N) is 1. The lowest BCUT2D eigenvalue weighted by molar-refractivity contribution is 0.444. The molecule has 0 aliphatic heterocycles. The number of benzene rings is 1. The second-order valence-corrected chi connectivity index (χ2v) is 5.51. The molecule has 0 aliphatic carbocycles. The van der Waals surface area contributed by atoms with Crippen LogP contribution in [-0.2, 0) is 6.42 Å². The van der Waals surface area contributed by atoms with E-state index in [0.29, 0.717) is 5.92 Å². The SMILES string of the molecule is CNC(c1cccc(CC(C)C)c1)c1ccc(C)o1. The van der Waals surface area contributed by atoms with Gasteiger partial charge in [0.2, 0.25) is 0 Å². The van der Waals surface area contributed by atoms with E-state index in [4.69, 9.17) is 4.42 Å². The molecular formula is C17H23NO. The van der Waals surface area contributed by atoms with Crippen LogP contribution in [0, 0.1) is 12.8 Å². The van der Waals surface area contributed by atoms with Crippen molar-refractivity contribution in [3.05, 3.63) is 59.0 Å². The first-order chi connectivity index (χ1) is 9.10. The topological polar surface area (TPSA) is 25.2 Å². The van der Waals surface area contributed by atoms with E-state index in [1.54, 1.807) is 0 Å². The maximum atomic E-state index is 5.75. The van der Waals surface area contributed by atoms with Gasteiger partial charge in [-0.2, -0.15) is 0 Å². The molecule has 0 spiro atoms. The molecule has 1 heterocycles. The van der Waals surface area contributed by atoms with Crippen LogP contribution in [0.5, 0.6) is 0 Å². The summed E-state index contributed by atoms with van der Waals surface area (Å²) in [5.74, 6) is 2.60. The van der Waals surface area contributed by atoms with Crippen molar-refractivity contribution < 1.29 is 4.42 Å². The van der Waals surface area contributed by atoms with Crippen LogP contribution in [0.1, 0.15) is 42.5 Å². The molecular weight excluding hydrogens is 234 g/mol. The van der Waals surface area contributed by atoms with Crippen LogP contribution >= 0.6 is 0 Å². The van der Waals surface area contributed by atoms with Crippen LogP contribution in [0.4, 0.5) is 0 Å². The second-order valence-electron chi connectivity index (χ2n) is 5.51. The van der Waals surface area contributed by atoms with Gasteiger partial charge >= 0.3 is 0 Å². The molecule has 1 aromatic heterocycles. The van der Waals surface area contributed by atoms with Gasteiger partial charge < -0.3 is 9.73 Å². The van der Waals surface area contributed by atoms with Gasteiger partial charge in [-0.3, -0.25) is 0 Å². The largest absolute Gasteiger partial charge is 0.464 e. The molecule has 0 aliphatic rings. The van der Waals surface area contributed by atoms with Gasteiger partial charge in [0.15, 0.2) is 0 Å². The van der Waals surface area contributed by atoms with Crippen molar-refractivity contribution >= 4 is 0 Å². The molecule has 0 fully saturated rings. The average molecular weight is 257 g/mol. The highest BCUT2D eigenvalue weighted by Gasteiger charge is 2.15. The Morgan fingerprint density at radius 1 is 1.16 bits per heavy atom. The van der Waals surface area contributed by atoms with E-state index in [-0.39, 0.29) is 6.04 Å². The third kappa shape index (κ3) is 3.48. The summed E-state index contributed by atoms with van der Waals surface area (Å²) >= 11 is 0. The van der Waals surface area contributed by atoms with E-state index in [1.807, 2.05) is 26.1 Å². The molecule has 2 heteroatoms. The van der Waals surface area contributed by atoms with Crippen LogP contribution in [0.3, 0.4) is 0 Å². The quantitative estimate of drug-likeness (QED) is 0.872. The van der Waals surface area contributed by atoms with E-state index < -0.39 is 0 Å². The number of aryl methyl sites for hydroxylation is 1. The molecule has 1 N–H and O–H groups in total. The van der Waals surface area contributed by atoms with Gasteiger partial charge in [-0.1, -0.05) is 38.1 Å². The molecule has 2 nitrogen and oxygen atoms in total. The fourth-order valence-electron chi connectivity index (χ4n) is 2.45. The Labute approximate surface area is 115 Å². The molecule has 0 bridgehead atoms. The van der Waals surface area contributed by atoms with Gasteiger partial charge in [0.05, 0.1) is 6.04 Å². The fourth-order valence-corrected chi connectivity index (χ4v) is 2.45. The van der Waals surface area contributed by atoms with Crippen molar-refractivity contribution in [1.82, 2.24) is 5.32 Å². The van der Waals surface area contributed by atoms with E-state index in [9.17, 15) is 0 Å². The average Bonchev–Trinajstić information content (AvgIpc) is 2.76. The van der Waals surface area contributed by atoms with Crippen molar-refractivity contribution in [3.63, 3.8) is 0 Å². The molecule has 0 saturated heterocycles. The molecule has 2 aromatic rings. The van der Waals surface area contributed by atoms with Crippen molar-refractivity contribution in [2.24, 2.45) is 5.92 Å². The van der Waals surface area contributed by atoms with Crippen LogP contribution in [-0.4, -0.2) is 7.05 Å². The number of furan rings is 1. The molecule has 1 unspecified atom stereocenters. The first-order valence-electron chi connectivity index (χ1n) is 6.92. The maximum Gasteiger partial charge on any atom is 0.125 e. The van der Waals surface area contributed by atoms with Crippen LogP contribution in [0.25, 0.3) is 0 Å². The molecule has 0 amide bonds. The molecule has 102 valence electrons. The van der Waals surface area contributed by atoms with Gasteiger partial charge in [0.1, 0.15) is 11.5 Å². The molecule has 2 rings (SSSR count). The van der Waals surface area contributed by atoms with Crippen LogP contribution < -0.4 is 5.32 Å². The van der Waals surface area contributed by atoms with Crippen LogP contribution in [0.2, 0.25) is 0 Å². The predicted molar refractivity (Wildman–Crippen MR) is 79.3 cm³/mol. The van der Waals surface area contributed by atoms with Gasteiger partial charge in [0, 0.05) is 0 Å². The highest BCUT2D eigenvalue weighted by molar-refractivity contribution is 5.31. The summed E-state index contributed by atoms with van der Waals surface area (Å²) in [6, 6.07) is 12.9. The summed E-state index contributed by atoms with van der Waals surface area (Å²) < 4.78 is 5.75. The summed E-state index contributed by atoms with van der Waals surface area (Å²) in [6.45, 7) is 6.47. The normalized spacial score (nSPS) is 12.9. The van der Waals surface area contributed by atoms with E-state index in [2.05, 4.69) is 43.4 Å². The van der Waals surface area contributed by atoms with Gasteiger partial charge in [-0.25, -0.2) is 0 Å². The zero-order valence-corrected chi connectivity index (χ0v) is 12.2. The van der Waals surface area contributed by atoms with Gasteiger partial charge in [-0.15, -0.1) is 0 Å². The fraction of sp³-hybridized carbons (Fsp3) is 0.412. The molecule has 0 saturated carbocycles. The molecule has 19 heavy (non-hydrogen) atoms. The smallest absolute Gasteiger partial charge is 0.125 e. The third-order valence-corrected chi connectivity index (χ3v) is 3.26. The summed E-state index contributed by atoms with van der Waals surface area (Å²) in [6.07, 6.45) is 1.11. The lowest BCUT2D eigenvalue weighted by atomic mass is 9.97. The maximum absolute atomic E-state index is 5.75. The third-order valence-electron chi connectivity index (χ3n) is 3.26. The minimum atomic E-state index is 0.126. The zero-order chi connectivity index (χ0) is 13.8. The molecule has 1 aromatic carbocycles. The Balaban J connectivity index is 2.28.